The predicted molar refractivity (Wildman–Crippen MR) is 128 cm³/mol. The van der Waals surface area contributed by atoms with E-state index < -0.39 is 24.2 Å². The fourth-order valence-corrected chi connectivity index (χ4v) is 4.76. The Morgan fingerprint density at radius 2 is 1.82 bits per heavy atom. The average Bonchev–Trinajstić information content (AvgIpc) is 3.14. The molecular formula is C26H27F3O3S. The summed E-state index contributed by atoms with van der Waals surface area (Å²) in [6, 6.07) is 11.4. The maximum Gasteiger partial charge on any atom is 0.422 e. The number of aryl methyl sites for hydroxylation is 1. The van der Waals surface area contributed by atoms with E-state index in [1.807, 2.05) is 64.1 Å². The molecule has 2 aromatic carbocycles. The van der Waals surface area contributed by atoms with E-state index in [9.17, 15) is 18.0 Å². The highest BCUT2D eigenvalue weighted by Crippen LogP contribution is 2.45. The van der Waals surface area contributed by atoms with Crippen molar-refractivity contribution in [3.63, 3.8) is 0 Å². The van der Waals surface area contributed by atoms with Crippen LogP contribution in [0.25, 0.3) is 26.8 Å². The van der Waals surface area contributed by atoms with E-state index in [0.29, 0.717) is 11.1 Å². The molecule has 0 aliphatic heterocycles. The second-order valence-corrected chi connectivity index (χ2v) is 10.1. The second-order valence-electron chi connectivity index (χ2n) is 9.02. The lowest BCUT2D eigenvalue weighted by Crippen LogP contribution is -2.22. The molecule has 176 valence electrons. The van der Waals surface area contributed by atoms with Gasteiger partial charge in [0.15, 0.2) is 6.61 Å². The number of fused-ring (bicyclic) bond motifs is 1. The molecule has 1 aromatic heterocycles. The maximum absolute atomic E-state index is 13.1. The van der Waals surface area contributed by atoms with Crippen molar-refractivity contribution in [1.82, 2.24) is 0 Å². The minimum atomic E-state index is -4.46. The van der Waals surface area contributed by atoms with Crippen LogP contribution in [0.3, 0.4) is 0 Å². The van der Waals surface area contributed by atoms with E-state index in [4.69, 9.17) is 9.84 Å². The average molecular weight is 477 g/mol. The molecule has 0 radical (unpaired) electrons. The molecule has 0 aliphatic rings. The lowest BCUT2D eigenvalue weighted by molar-refractivity contribution is -0.153. The molecule has 1 heterocycles. The number of aliphatic carboxylic acids is 1. The van der Waals surface area contributed by atoms with Gasteiger partial charge in [0.05, 0.1) is 0 Å². The first kappa shape index (κ1) is 24.8. The van der Waals surface area contributed by atoms with Crippen LogP contribution in [0.2, 0.25) is 0 Å². The highest BCUT2D eigenvalue weighted by Gasteiger charge is 2.31. The third-order valence-electron chi connectivity index (χ3n) is 5.33. The van der Waals surface area contributed by atoms with Gasteiger partial charge in [-0.15, -0.1) is 11.3 Å². The van der Waals surface area contributed by atoms with Gasteiger partial charge in [0.25, 0.3) is 0 Å². The molecule has 7 heteroatoms. The van der Waals surface area contributed by atoms with Gasteiger partial charge in [-0.1, -0.05) is 45.9 Å². The number of thiophene rings is 1. The molecular weight excluding hydrogens is 449 g/mol. The number of allylic oxidation sites excluding steroid dienone is 1. The van der Waals surface area contributed by atoms with Gasteiger partial charge in [-0.05, 0) is 53.7 Å². The first-order chi connectivity index (χ1) is 15.3. The van der Waals surface area contributed by atoms with Crippen LogP contribution in [0.1, 0.15) is 50.6 Å². The van der Waals surface area contributed by atoms with Crippen molar-refractivity contribution in [2.24, 2.45) is 0 Å². The number of carboxylic acids is 1. The number of alkyl halides is 3. The van der Waals surface area contributed by atoms with E-state index >= 15 is 0 Å². The standard InChI is InChI=1S/C26H27F3O3S/c1-6-16-11-19(24(32-14-26(27,28)29)20(12-16)25(3,4)5)17-8-7-9-21-18(17)13-22(33-21)15(2)10-23(30)31/h7-13H,6,14H2,1-5H3,(H,30,31)/b15-10-. The molecule has 0 bridgehead atoms. The summed E-state index contributed by atoms with van der Waals surface area (Å²) in [7, 11) is 0. The summed E-state index contributed by atoms with van der Waals surface area (Å²) in [5.74, 6) is -0.798. The Labute approximate surface area is 195 Å². The Kier molecular flexibility index (Phi) is 6.93. The fourth-order valence-electron chi connectivity index (χ4n) is 3.71. The number of ether oxygens (including phenoxy) is 1. The van der Waals surface area contributed by atoms with Gasteiger partial charge in [-0.3, -0.25) is 0 Å². The Balaban J connectivity index is 2.30. The second kappa shape index (κ2) is 9.21. The van der Waals surface area contributed by atoms with E-state index in [1.54, 1.807) is 6.92 Å². The first-order valence-corrected chi connectivity index (χ1v) is 11.4. The summed E-state index contributed by atoms with van der Waals surface area (Å²) in [6.07, 6.45) is -2.59. The summed E-state index contributed by atoms with van der Waals surface area (Å²) in [5, 5.41) is 9.95. The fraction of sp³-hybridized carbons (Fsp3) is 0.346. The molecule has 0 saturated heterocycles. The lowest BCUT2D eigenvalue weighted by Gasteiger charge is -2.27. The van der Waals surface area contributed by atoms with Crippen molar-refractivity contribution in [3.05, 3.63) is 58.5 Å². The lowest BCUT2D eigenvalue weighted by atomic mass is 9.82. The zero-order chi connectivity index (χ0) is 24.6. The van der Waals surface area contributed by atoms with Crippen molar-refractivity contribution in [2.75, 3.05) is 6.61 Å². The highest BCUT2D eigenvalue weighted by molar-refractivity contribution is 7.20. The topological polar surface area (TPSA) is 46.5 Å². The van der Waals surface area contributed by atoms with Crippen molar-refractivity contribution in [3.8, 4) is 16.9 Å². The summed E-state index contributed by atoms with van der Waals surface area (Å²) >= 11 is 1.45. The molecule has 1 N–H and O–H groups in total. The number of halogens is 3. The quantitative estimate of drug-likeness (QED) is 0.368. The molecule has 3 aromatic rings. The Morgan fingerprint density at radius 1 is 1.12 bits per heavy atom. The molecule has 0 amide bonds. The third kappa shape index (κ3) is 5.77. The van der Waals surface area contributed by atoms with Gasteiger partial charge in [0.1, 0.15) is 5.75 Å². The summed E-state index contributed by atoms with van der Waals surface area (Å²) < 4.78 is 45.7. The monoisotopic (exact) mass is 476 g/mol. The first-order valence-electron chi connectivity index (χ1n) is 10.6. The third-order valence-corrected chi connectivity index (χ3v) is 6.56. The van der Waals surface area contributed by atoms with Crippen LogP contribution in [-0.4, -0.2) is 23.9 Å². The van der Waals surface area contributed by atoms with Gasteiger partial charge < -0.3 is 9.84 Å². The van der Waals surface area contributed by atoms with Crippen molar-refractivity contribution >= 4 is 33.0 Å². The van der Waals surface area contributed by atoms with Crippen LogP contribution < -0.4 is 4.74 Å². The summed E-state index contributed by atoms with van der Waals surface area (Å²) in [5.41, 5.74) is 3.27. The van der Waals surface area contributed by atoms with Gasteiger partial charge in [-0.25, -0.2) is 4.79 Å². The van der Waals surface area contributed by atoms with E-state index in [0.717, 1.165) is 44.2 Å². The largest absolute Gasteiger partial charge is 0.483 e. The smallest absolute Gasteiger partial charge is 0.422 e. The minimum Gasteiger partial charge on any atom is -0.483 e. The zero-order valence-electron chi connectivity index (χ0n) is 19.3. The number of carbonyl (C=O) groups is 1. The van der Waals surface area contributed by atoms with Crippen LogP contribution in [0, 0.1) is 0 Å². The normalized spacial score (nSPS) is 12.9. The molecule has 0 aliphatic carbocycles. The van der Waals surface area contributed by atoms with Gasteiger partial charge in [0.2, 0.25) is 0 Å². The summed E-state index contributed by atoms with van der Waals surface area (Å²) in [4.78, 5) is 11.9. The maximum atomic E-state index is 13.1. The molecule has 0 fully saturated rings. The van der Waals surface area contributed by atoms with Gasteiger partial charge >= 0.3 is 12.1 Å². The Morgan fingerprint density at radius 3 is 2.39 bits per heavy atom. The molecule has 0 saturated carbocycles. The Bertz CT molecular complexity index is 1210. The van der Waals surface area contributed by atoms with Crippen molar-refractivity contribution in [1.29, 1.82) is 0 Å². The van der Waals surface area contributed by atoms with Crippen LogP contribution in [0.4, 0.5) is 13.2 Å². The zero-order valence-corrected chi connectivity index (χ0v) is 20.1. The molecule has 0 spiro atoms. The van der Waals surface area contributed by atoms with Crippen LogP contribution >= 0.6 is 11.3 Å². The minimum absolute atomic E-state index is 0.232. The van der Waals surface area contributed by atoms with E-state index in [-0.39, 0.29) is 5.75 Å². The SMILES string of the molecule is CCc1cc(-c2cccc3sc(/C(C)=C\C(=O)O)cc23)c(OCC(F)(F)F)c(C(C)(C)C)c1. The molecule has 3 nitrogen and oxygen atoms in total. The molecule has 0 atom stereocenters. The van der Waals surface area contributed by atoms with Crippen LogP contribution in [0.5, 0.6) is 5.75 Å². The van der Waals surface area contributed by atoms with Crippen molar-refractivity contribution in [2.45, 2.75) is 52.6 Å². The number of benzene rings is 2. The number of rotatable bonds is 6. The van der Waals surface area contributed by atoms with Crippen LogP contribution in [0.15, 0.2) is 42.5 Å². The van der Waals surface area contributed by atoms with Gasteiger partial charge in [0, 0.05) is 32.2 Å². The van der Waals surface area contributed by atoms with Crippen LogP contribution in [-0.2, 0) is 16.6 Å². The van der Waals surface area contributed by atoms with Gasteiger partial charge in [-0.2, -0.15) is 13.2 Å². The van der Waals surface area contributed by atoms with E-state index in [2.05, 4.69) is 0 Å². The number of hydrogen-bond donors (Lipinski definition) is 1. The molecule has 33 heavy (non-hydrogen) atoms. The predicted octanol–water partition coefficient (Wildman–Crippen LogP) is 7.86. The summed E-state index contributed by atoms with van der Waals surface area (Å²) in [6.45, 7) is 8.22. The number of carboxylic acid groups (broad SMARTS) is 1. The Hall–Kier alpha value is -2.80. The van der Waals surface area contributed by atoms with E-state index in [1.165, 1.54) is 11.3 Å². The number of hydrogen-bond acceptors (Lipinski definition) is 3. The highest BCUT2D eigenvalue weighted by atomic mass is 32.1. The molecule has 3 rings (SSSR count). The molecule has 0 unspecified atom stereocenters. The van der Waals surface area contributed by atoms with Crippen molar-refractivity contribution < 1.29 is 27.8 Å².